The minimum Gasteiger partial charge on any atom is -0.462 e. The molecule has 1 aromatic carbocycles. The molecule has 0 amide bonds. The topological polar surface area (TPSA) is 74.2 Å². The van der Waals surface area contributed by atoms with E-state index < -0.39 is 14.4 Å². The lowest BCUT2D eigenvalue weighted by atomic mass is 10.0. The zero-order chi connectivity index (χ0) is 25.6. The third-order valence-electron chi connectivity index (χ3n) is 7.64. The summed E-state index contributed by atoms with van der Waals surface area (Å²) in [6.45, 7) is 13.7. The molecule has 0 spiro atoms. The Kier molecular flexibility index (Phi) is 9.74. The van der Waals surface area contributed by atoms with Crippen molar-refractivity contribution in [3.63, 3.8) is 0 Å². The number of hydrogen-bond donors (Lipinski definition) is 1. The van der Waals surface area contributed by atoms with Gasteiger partial charge in [0, 0.05) is 12.8 Å². The van der Waals surface area contributed by atoms with Crippen molar-refractivity contribution in [2.75, 3.05) is 6.61 Å². The summed E-state index contributed by atoms with van der Waals surface area (Å²) >= 11 is 0. The van der Waals surface area contributed by atoms with E-state index in [1.54, 1.807) is 24.3 Å². The number of esters is 1. The number of benzene rings is 1. The maximum absolute atomic E-state index is 12.1. The molecule has 196 valence electrons. The van der Waals surface area contributed by atoms with Crippen molar-refractivity contribution in [3.05, 3.63) is 48.0 Å². The van der Waals surface area contributed by atoms with E-state index in [0.717, 1.165) is 19.3 Å². The third-order valence-corrected chi connectivity index (χ3v) is 12.1. The molecule has 7 heteroatoms. The van der Waals surface area contributed by atoms with E-state index in [-0.39, 0.29) is 48.1 Å². The van der Waals surface area contributed by atoms with Gasteiger partial charge in [-0.1, -0.05) is 58.0 Å². The van der Waals surface area contributed by atoms with E-state index in [1.165, 1.54) is 0 Å². The lowest BCUT2D eigenvalue weighted by Gasteiger charge is -2.42. The molecule has 0 bridgehead atoms. The van der Waals surface area contributed by atoms with E-state index >= 15 is 0 Å². The summed E-state index contributed by atoms with van der Waals surface area (Å²) in [5.41, 5.74) is 0.509. The number of aliphatic hydroxyl groups excluding tert-OH is 1. The van der Waals surface area contributed by atoms with Crippen LogP contribution in [0.1, 0.15) is 70.2 Å². The molecule has 2 aliphatic rings. The molecule has 0 unspecified atom stereocenters. The first kappa shape index (κ1) is 28.1. The van der Waals surface area contributed by atoms with Crippen LogP contribution in [0.15, 0.2) is 42.5 Å². The molecule has 3 rings (SSSR count). The van der Waals surface area contributed by atoms with Gasteiger partial charge >= 0.3 is 5.97 Å². The standard InChI is InChI=1S/C28H44O6Si/c1-7-22(34-35(5,6)28(2,3)4)23-15-11-12-16-24-26(33-23)19-25(32-24)21(29)17-18-31-27(30)20-13-9-8-10-14-20/h8-14,21-26,29H,7,15-19H2,1-6H3/b12-11-/t21-,22-,23+,24-,25+,26-/m0/s1. The van der Waals surface area contributed by atoms with Crippen LogP contribution in [0.2, 0.25) is 18.1 Å². The van der Waals surface area contributed by atoms with Gasteiger partial charge in [0.2, 0.25) is 0 Å². The van der Waals surface area contributed by atoms with E-state index in [0.29, 0.717) is 18.4 Å². The Morgan fingerprint density at radius 1 is 1.09 bits per heavy atom. The molecular formula is C28H44O6Si. The van der Waals surface area contributed by atoms with Crippen molar-refractivity contribution in [2.24, 2.45) is 0 Å². The van der Waals surface area contributed by atoms with Crippen LogP contribution in [-0.2, 0) is 18.6 Å². The van der Waals surface area contributed by atoms with Gasteiger partial charge in [-0.2, -0.15) is 0 Å². The first-order chi connectivity index (χ1) is 16.5. The number of carbonyl (C=O) groups is 1. The maximum atomic E-state index is 12.1. The Labute approximate surface area is 212 Å². The average molecular weight is 505 g/mol. The Balaban J connectivity index is 1.55. The van der Waals surface area contributed by atoms with Crippen LogP contribution in [0.4, 0.5) is 0 Å². The van der Waals surface area contributed by atoms with Gasteiger partial charge in [0.15, 0.2) is 8.32 Å². The normalized spacial score (nSPS) is 27.9. The van der Waals surface area contributed by atoms with Crippen molar-refractivity contribution in [2.45, 2.75) is 115 Å². The van der Waals surface area contributed by atoms with E-state index in [4.69, 9.17) is 18.6 Å². The van der Waals surface area contributed by atoms with Crippen molar-refractivity contribution in [1.29, 1.82) is 0 Å². The van der Waals surface area contributed by atoms with Gasteiger partial charge in [-0.05, 0) is 49.5 Å². The Bertz CT molecular complexity index is 834. The number of rotatable bonds is 9. The van der Waals surface area contributed by atoms with Gasteiger partial charge in [-0.15, -0.1) is 0 Å². The van der Waals surface area contributed by atoms with Gasteiger partial charge in [-0.3, -0.25) is 0 Å². The van der Waals surface area contributed by atoms with Crippen LogP contribution in [0.3, 0.4) is 0 Å². The highest BCUT2D eigenvalue weighted by atomic mass is 28.4. The fourth-order valence-electron chi connectivity index (χ4n) is 4.42. The molecule has 2 heterocycles. The van der Waals surface area contributed by atoms with Gasteiger partial charge in [0.1, 0.15) is 0 Å². The summed E-state index contributed by atoms with van der Waals surface area (Å²) in [6, 6.07) is 8.88. The molecular weight excluding hydrogens is 460 g/mol. The van der Waals surface area contributed by atoms with E-state index in [9.17, 15) is 9.90 Å². The minimum absolute atomic E-state index is 0.0284. The molecule has 6 nitrogen and oxygen atoms in total. The van der Waals surface area contributed by atoms with Crippen LogP contribution in [0, 0.1) is 0 Å². The highest BCUT2D eigenvalue weighted by molar-refractivity contribution is 6.74. The first-order valence-corrected chi connectivity index (χ1v) is 16.0. The molecule has 1 aromatic rings. The highest BCUT2D eigenvalue weighted by Gasteiger charge is 2.44. The number of carbonyl (C=O) groups excluding carboxylic acids is 1. The van der Waals surface area contributed by atoms with E-state index in [2.05, 4.69) is 52.9 Å². The summed E-state index contributed by atoms with van der Waals surface area (Å²) < 4.78 is 25.0. The quantitative estimate of drug-likeness (QED) is 0.266. The lowest BCUT2D eigenvalue weighted by molar-refractivity contribution is -0.100. The fourth-order valence-corrected chi connectivity index (χ4v) is 5.85. The molecule has 35 heavy (non-hydrogen) atoms. The second kappa shape index (κ2) is 12.1. The minimum atomic E-state index is -1.93. The van der Waals surface area contributed by atoms with Crippen LogP contribution >= 0.6 is 0 Å². The fraction of sp³-hybridized carbons (Fsp3) is 0.679. The maximum Gasteiger partial charge on any atom is 0.338 e. The Morgan fingerprint density at radius 2 is 1.74 bits per heavy atom. The van der Waals surface area contributed by atoms with Gasteiger partial charge in [-0.25, -0.2) is 4.79 Å². The van der Waals surface area contributed by atoms with Crippen molar-refractivity contribution >= 4 is 14.3 Å². The second-order valence-electron chi connectivity index (χ2n) is 11.3. The summed E-state index contributed by atoms with van der Waals surface area (Å²) in [4.78, 5) is 12.1. The molecule has 0 aliphatic carbocycles. The largest absolute Gasteiger partial charge is 0.462 e. The molecule has 1 N–H and O–H groups in total. The lowest BCUT2D eigenvalue weighted by Crippen LogP contribution is -2.48. The van der Waals surface area contributed by atoms with Crippen LogP contribution < -0.4 is 0 Å². The zero-order valence-corrected chi connectivity index (χ0v) is 23.2. The van der Waals surface area contributed by atoms with Crippen LogP contribution in [-0.4, -0.2) is 62.6 Å². The summed E-state index contributed by atoms with van der Waals surface area (Å²) in [5, 5.41) is 10.9. The number of aliphatic hydroxyl groups is 1. The molecule has 0 aromatic heterocycles. The highest BCUT2D eigenvalue weighted by Crippen LogP contribution is 2.39. The molecule has 6 atom stereocenters. The van der Waals surface area contributed by atoms with E-state index in [1.807, 2.05) is 6.07 Å². The Morgan fingerprint density at radius 3 is 2.40 bits per heavy atom. The SMILES string of the molecule is CC[C@H](O[Si](C)(C)C(C)(C)C)[C@H]1C/C=C\C[C@@H]2O[C@@H]([C@@H](O)CCOC(=O)c3ccccc3)C[C@@H]2O1. The third kappa shape index (κ3) is 7.49. The first-order valence-electron chi connectivity index (χ1n) is 13.1. The van der Waals surface area contributed by atoms with Gasteiger partial charge < -0.3 is 23.7 Å². The monoisotopic (exact) mass is 504 g/mol. The second-order valence-corrected chi connectivity index (χ2v) is 16.0. The van der Waals surface area contributed by atoms with Crippen LogP contribution in [0.5, 0.6) is 0 Å². The molecule has 0 radical (unpaired) electrons. The van der Waals surface area contributed by atoms with Gasteiger partial charge in [0.25, 0.3) is 0 Å². The van der Waals surface area contributed by atoms with Crippen molar-refractivity contribution in [1.82, 2.24) is 0 Å². The number of ether oxygens (including phenoxy) is 3. The van der Waals surface area contributed by atoms with Crippen molar-refractivity contribution in [3.8, 4) is 0 Å². The summed E-state index contributed by atoms with van der Waals surface area (Å²) in [7, 11) is -1.93. The predicted octanol–water partition coefficient (Wildman–Crippen LogP) is 5.66. The zero-order valence-electron chi connectivity index (χ0n) is 22.2. The average Bonchev–Trinajstić information content (AvgIpc) is 3.19. The summed E-state index contributed by atoms with van der Waals surface area (Å²) in [6.07, 6.45) is 6.52. The predicted molar refractivity (Wildman–Crippen MR) is 140 cm³/mol. The number of hydrogen-bond acceptors (Lipinski definition) is 6. The Hall–Kier alpha value is -1.51. The molecule has 1 fully saturated rings. The number of fused-ring (bicyclic) bond motifs is 1. The smallest absolute Gasteiger partial charge is 0.338 e. The summed E-state index contributed by atoms with van der Waals surface area (Å²) in [5.74, 6) is -0.379. The molecule has 1 saturated heterocycles. The van der Waals surface area contributed by atoms with Crippen molar-refractivity contribution < 1.29 is 28.5 Å². The molecule has 2 aliphatic heterocycles. The molecule has 0 saturated carbocycles. The van der Waals surface area contributed by atoms with Gasteiger partial charge in [0.05, 0.1) is 48.8 Å². The van der Waals surface area contributed by atoms with Crippen LogP contribution in [0.25, 0.3) is 0 Å².